The lowest BCUT2D eigenvalue weighted by Crippen LogP contribution is -2.46. The smallest absolute Gasteiger partial charge is 0.304 e. The molecule has 2 aromatic carbocycles. The van der Waals surface area contributed by atoms with Gasteiger partial charge in [0.05, 0.1) is 24.9 Å². The van der Waals surface area contributed by atoms with Gasteiger partial charge in [0.25, 0.3) is 0 Å². The third-order valence-electron chi connectivity index (χ3n) is 5.11. The van der Waals surface area contributed by atoms with Gasteiger partial charge in [-0.1, -0.05) is 18.2 Å². The van der Waals surface area contributed by atoms with E-state index in [4.69, 9.17) is 9.47 Å². The summed E-state index contributed by atoms with van der Waals surface area (Å²) in [6.07, 6.45) is 0. The Bertz CT molecular complexity index is 1070. The Morgan fingerprint density at radius 1 is 1.00 bits per heavy atom. The monoisotopic (exact) mass is 477 g/mol. The zero-order valence-corrected chi connectivity index (χ0v) is 21.3. The molecule has 0 saturated carbocycles. The highest BCUT2D eigenvalue weighted by Gasteiger charge is 2.29. The van der Waals surface area contributed by atoms with Gasteiger partial charge in [-0.15, -0.1) is 0 Å². The Morgan fingerprint density at radius 3 is 2.24 bits per heavy atom. The second-order valence-electron chi connectivity index (χ2n) is 7.95. The molecule has 8 nitrogen and oxygen atoms in total. The maximum atomic E-state index is 13.0. The topological polar surface area (TPSA) is 88.2 Å². The lowest BCUT2D eigenvalue weighted by molar-refractivity contribution is -0.120. The van der Waals surface area contributed by atoms with Crippen LogP contribution in [0, 0.1) is 13.8 Å². The van der Waals surface area contributed by atoms with E-state index in [1.807, 2.05) is 65.0 Å². The number of nitrogens with zero attached hydrogens (tertiary/aromatic N) is 2. The summed E-state index contributed by atoms with van der Waals surface area (Å²) in [7, 11) is -0.988. The number of nitrogens with one attached hydrogen (secondary N) is 1. The van der Waals surface area contributed by atoms with E-state index < -0.39 is 16.1 Å². The quantitative estimate of drug-likeness (QED) is 0.534. The molecule has 0 spiro atoms. The van der Waals surface area contributed by atoms with Crippen LogP contribution in [0.3, 0.4) is 0 Å². The molecule has 0 fully saturated rings. The molecule has 0 radical (unpaired) electrons. The van der Waals surface area contributed by atoms with E-state index in [9.17, 15) is 13.2 Å². The molecule has 0 unspecified atom stereocenters. The van der Waals surface area contributed by atoms with Crippen LogP contribution in [0.5, 0.6) is 11.5 Å². The van der Waals surface area contributed by atoms with Gasteiger partial charge in [-0.05, 0) is 69.5 Å². The van der Waals surface area contributed by atoms with E-state index in [0.717, 1.165) is 25.3 Å². The molecule has 0 bridgehead atoms. The fraction of sp³-hybridized carbons (Fsp3) is 0.458. The van der Waals surface area contributed by atoms with Gasteiger partial charge in [0.15, 0.2) is 11.5 Å². The summed E-state index contributed by atoms with van der Waals surface area (Å²) in [5.41, 5.74) is 2.97. The number of amides is 1. The summed E-state index contributed by atoms with van der Waals surface area (Å²) < 4.78 is 39.6. The second-order valence-corrected chi connectivity index (χ2v) is 10.0. The number of rotatable bonds is 11. The van der Waals surface area contributed by atoms with Crippen LogP contribution >= 0.6 is 0 Å². The van der Waals surface area contributed by atoms with Gasteiger partial charge < -0.3 is 14.8 Å². The van der Waals surface area contributed by atoms with Crippen molar-refractivity contribution < 1.29 is 22.7 Å². The summed E-state index contributed by atoms with van der Waals surface area (Å²) in [5.74, 6) is 0.825. The molecule has 33 heavy (non-hydrogen) atoms. The highest BCUT2D eigenvalue weighted by atomic mass is 32.2. The summed E-state index contributed by atoms with van der Waals surface area (Å²) in [4.78, 5) is 13.0. The Kier molecular flexibility index (Phi) is 9.13. The number of ether oxygens (including phenoxy) is 2. The first-order valence-electron chi connectivity index (χ1n) is 11.0. The van der Waals surface area contributed by atoms with Crippen LogP contribution in [-0.2, 0) is 15.0 Å². The Balaban J connectivity index is 2.28. The van der Waals surface area contributed by atoms with E-state index >= 15 is 0 Å². The van der Waals surface area contributed by atoms with Crippen LogP contribution in [0.15, 0.2) is 36.4 Å². The Morgan fingerprint density at radius 2 is 1.64 bits per heavy atom. The molecule has 2 rings (SSSR count). The van der Waals surface area contributed by atoms with Gasteiger partial charge in [-0.25, -0.2) is 4.31 Å². The van der Waals surface area contributed by atoms with E-state index in [2.05, 4.69) is 5.32 Å². The molecular formula is C24H35N3O5S. The van der Waals surface area contributed by atoms with Crippen molar-refractivity contribution in [1.29, 1.82) is 0 Å². The molecule has 9 heteroatoms. The van der Waals surface area contributed by atoms with Gasteiger partial charge in [-0.2, -0.15) is 12.7 Å². The fourth-order valence-corrected chi connectivity index (χ4v) is 4.43. The molecule has 0 aromatic heterocycles. The third kappa shape index (κ3) is 6.61. The number of aryl methyl sites for hydroxylation is 2. The molecule has 0 aliphatic heterocycles. The summed E-state index contributed by atoms with van der Waals surface area (Å²) in [5, 5.41) is 2.90. The standard InChI is InChI=1S/C24H35N3O5S/c1-8-31-22-13-12-20(15-23(22)32-9-2)19(5)25-24(28)16-27(33(29,30)26(6)7)21-14-17(3)10-11-18(21)4/h10-15,19H,8-9,16H2,1-7H3,(H,25,28)/t19-/m1/s1. The lowest BCUT2D eigenvalue weighted by Gasteiger charge is -2.29. The zero-order valence-electron chi connectivity index (χ0n) is 20.5. The van der Waals surface area contributed by atoms with Gasteiger partial charge >= 0.3 is 10.2 Å². The lowest BCUT2D eigenvalue weighted by atomic mass is 10.1. The average molecular weight is 478 g/mol. The first-order chi connectivity index (χ1) is 15.5. The highest BCUT2D eigenvalue weighted by molar-refractivity contribution is 7.90. The molecule has 1 atom stereocenters. The van der Waals surface area contributed by atoms with Crippen molar-refractivity contribution in [2.45, 2.75) is 40.7 Å². The van der Waals surface area contributed by atoms with Crippen molar-refractivity contribution in [2.24, 2.45) is 0 Å². The maximum absolute atomic E-state index is 13.0. The normalized spacial score (nSPS) is 12.4. The van der Waals surface area contributed by atoms with E-state index in [1.54, 1.807) is 6.07 Å². The number of anilines is 1. The largest absolute Gasteiger partial charge is 0.490 e. The summed E-state index contributed by atoms with van der Waals surface area (Å²) >= 11 is 0. The van der Waals surface area contributed by atoms with E-state index in [-0.39, 0.29) is 12.6 Å². The van der Waals surface area contributed by atoms with Crippen LogP contribution < -0.4 is 19.1 Å². The van der Waals surface area contributed by atoms with Crippen molar-refractivity contribution in [2.75, 3.05) is 38.2 Å². The first-order valence-corrected chi connectivity index (χ1v) is 12.4. The maximum Gasteiger partial charge on any atom is 0.304 e. The van der Waals surface area contributed by atoms with Crippen molar-refractivity contribution >= 4 is 21.8 Å². The number of hydrogen-bond donors (Lipinski definition) is 1. The van der Waals surface area contributed by atoms with Crippen LogP contribution in [-0.4, -0.2) is 52.5 Å². The molecular weight excluding hydrogens is 442 g/mol. The van der Waals surface area contributed by atoms with Crippen LogP contribution in [0.1, 0.15) is 43.5 Å². The molecule has 0 aliphatic rings. The minimum absolute atomic E-state index is 0.343. The van der Waals surface area contributed by atoms with E-state index in [0.29, 0.717) is 30.4 Å². The Labute approximate surface area is 197 Å². The van der Waals surface area contributed by atoms with Gasteiger partial charge in [0, 0.05) is 14.1 Å². The minimum Gasteiger partial charge on any atom is -0.490 e. The highest BCUT2D eigenvalue weighted by Crippen LogP contribution is 2.31. The average Bonchev–Trinajstić information content (AvgIpc) is 2.75. The summed E-state index contributed by atoms with van der Waals surface area (Å²) in [6, 6.07) is 10.7. The van der Waals surface area contributed by atoms with Crippen molar-refractivity contribution in [3.05, 3.63) is 53.1 Å². The SMILES string of the molecule is CCOc1ccc([C@@H](C)NC(=O)CN(c2cc(C)ccc2C)S(=O)(=O)N(C)C)cc1OCC. The number of carbonyl (C=O) groups is 1. The molecule has 1 N–H and O–H groups in total. The van der Waals surface area contributed by atoms with Gasteiger partial charge in [0.1, 0.15) is 6.54 Å². The molecule has 0 saturated heterocycles. The molecule has 0 aliphatic carbocycles. The number of carbonyl (C=O) groups excluding carboxylic acids is 1. The third-order valence-corrected chi connectivity index (χ3v) is 6.91. The summed E-state index contributed by atoms with van der Waals surface area (Å²) in [6.45, 7) is 9.99. The second kappa shape index (κ2) is 11.4. The molecule has 0 heterocycles. The van der Waals surface area contributed by atoms with E-state index in [1.165, 1.54) is 14.1 Å². The van der Waals surface area contributed by atoms with Gasteiger partial charge in [0.2, 0.25) is 5.91 Å². The predicted octanol–water partition coefficient (Wildman–Crippen LogP) is 3.59. The fourth-order valence-electron chi connectivity index (χ4n) is 3.31. The molecule has 182 valence electrons. The molecule has 2 aromatic rings. The van der Waals surface area contributed by atoms with Crippen molar-refractivity contribution in [1.82, 2.24) is 9.62 Å². The zero-order chi connectivity index (χ0) is 24.8. The van der Waals surface area contributed by atoms with Crippen molar-refractivity contribution in [3.8, 4) is 11.5 Å². The number of hydrogen-bond acceptors (Lipinski definition) is 5. The van der Waals surface area contributed by atoms with Crippen LogP contribution in [0.4, 0.5) is 5.69 Å². The molecule has 1 amide bonds. The predicted molar refractivity (Wildman–Crippen MR) is 131 cm³/mol. The Hall–Kier alpha value is -2.78. The van der Waals surface area contributed by atoms with Gasteiger partial charge in [-0.3, -0.25) is 4.79 Å². The van der Waals surface area contributed by atoms with Crippen molar-refractivity contribution in [3.63, 3.8) is 0 Å². The van der Waals surface area contributed by atoms with Crippen LogP contribution in [0.2, 0.25) is 0 Å². The minimum atomic E-state index is -3.88. The van der Waals surface area contributed by atoms with Crippen LogP contribution in [0.25, 0.3) is 0 Å². The number of benzene rings is 2. The first kappa shape index (κ1) is 26.5.